The van der Waals surface area contributed by atoms with Crippen molar-refractivity contribution in [1.29, 1.82) is 0 Å². The number of carbonyl (C=O) groups is 1. The topological polar surface area (TPSA) is 70.9 Å². The molecule has 23 heavy (non-hydrogen) atoms. The van der Waals surface area contributed by atoms with Crippen molar-refractivity contribution >= 4 is 23.7 Å². The fraction of sp³-hybridized carbons (Fsp3) is 0.176. The molecule has 6 heteroatoms. The maximum Gasteiger partial charge on any atom is 0.280 e. The van der Waals surface area contributed by atoms with Crippen molar-refractivity contribution in [3.63, 3.8) is 0 Å². The third-order valence-electron chi connectivity index (χ3n) is 3.13. The highest BCUT2D eigenvalue weighted by atomic mass is 35.5. The van der Waals surface area contributed by atoms with E-state index >= 15 is 0 Å². The highest BCUT2D eigenvalue weighted by Crippen LogP contribution is 2.22. The number of nitrogens with zero attached hydrogens (tertiary/aromatic N) is 1. The summed E-state index contributed by atoms with van der Waals surface area (Å²) >= 11 is 5.88. The van der Waals surface area contributed by atoms with Crippen LogP contribution < -0.4 is 10.2 Å². The molecule has 1 atom stereocenters. The fourth-order valence-corrected chi connectivity index (χ4v) is 2.07. The summed E-state index contributed by atoms with van der Waals surface area (Å²) in [5.41, 5.74) is 3.73. The Bertz CT molecular complexity index is 732. The van der Waals surface area contributed by atoms with Gasteiger partial charge < -0.3 is 9.84 Å². The van der Waals surface area contributed by atoms with Gasteiger partial charge in [0.1, 0.15) is 11.5 Å². The first-order valence-corrected chi connectivity index (χ1v) is 7.39. The molecule has 1 amide bonds. The van der Waals surface area contributed by atoms with Crippen LogP contribution in [0.1, 0.15) is 18.1 Å². The standard InChI is InChI=1S/C17H17ClN2O3/c1-11-9-14(18)7-8-16(11)23-12(2)17(22)20-19-10-13-5-3-4-6-15(13)21/h3-10,12,21H,1-2H3,(H,20,22)/b19-10+. The summed E-state index contributed by atoms with van der Waals surface area (Å²) in [6, 6.07) is 11.9. The minimum Gasteiger partial charge on any atom is -0.507 e. The van der Waals surface area contributed by atoms with E-state index in [1.807, 2.05) is 6.92 Å². The van der Waals surface area contributed by atoms with Gasteiger partial charge in [-0.25, -0.2) is 5.43 Å². The van der Waals surface area contributed by atoms with Gasteiger partial charge in [-0.3, -0.25) is 4.79 Å². The second kappa shape index (κ2) is 7.65. The van der Waals surface area contributed by atoms with Gasteiger partial charge in [-0.15, -0.1) is 0 Å². The van der Waals surface area contributed by atoms with Gasteiger partial charge in [0.2, 0.25) is 0 Å². The molecule has 2 aromatic rings. The molecule has 0 aliphatic heterocycles. The second-order valence-electron chi connectivity index (χ2n) is 4.96. The van der Waals surface area contributed by atoms with E-state index in [1.54, 1.807) is 43.3 Å². The lowest BCUT2D eigenvalue weighted by Crippen LogP contribution is -2.33. The van der Waals surface area contributed by atoms with Crippen LogP contribution in [0.4, 0.5) is 0 Å². The molecular weight excluding hydrogens is 316 g/mol. The lowest BCUT2D eigenvalue weighted by atomic mass is 10.2. The molecule has 2 N–H and O–H groups in total. The summed E-state index contributed by atoms with van der Waals surface area (Å²) < 4.78 is 5.59. The minimum atomic E-state index is -0.726. The van der Waals surface area contributed by atoms with Gasteiger partial charge in [-0.05, 0) is 49.7 Å². The first-order chi connectivity index (χ1) is 11.0. The van der Waals surface area contributed by atoms with E-state index in [4.69, 9.17) is 16.3 Å². The van der Waals surface area contributed by atoms with Crippen LogP contribution in [-0.2, 0) is 4.79 Å². The van der Waals surface area contributed by atoms with E-state index in [-0.39, 0.29) is 5.75 Å². The molecule has 0 aliphatic carbocycles. The van der Waals surface area contributed by atoms with Crippen LogP contribution in [0, 0.1) is 6.92 Å². The zero-order chi connectivity index (χ0) is 16.8. The normalized spacial score (nSPS) is 12.1. The first-order valence-electron chi connectivity index (χ1n) is 7.01. The number of nitrogens with one attached hydrogen (secondary N) is 1. The molecule has 120 valence electrons. The summed E-state index contributed by atoms with van der Waals surface area (Å²) in [6.45, 7) is 3.47. The van der Waals surface area contributed by atoms with Gasteiger partial charge in [0.05, 0.1) is 6.21 Å². The molecule has 1 unspecified atom stereocenters. The quantitative estimate of drug-likeness (QED) is 0.652. The van der Waals surface area contributed by atoms with Crippen molar-refractivity contribution in [1.82, 2.24) is 5.43 Å². The Morgan fingerprint density at radius 3 is 2.78 bits per heavy atom. The summed E-state index contributed by atoms with van der Waals surface area (Å²) in [7, 11) is 0. The number of hydrogen-bond donors (Lipinski definition) is 2. The third kappa shape index (κ3) is 4.72. The molecule has 2 rings (SSSR count). The average Bonchev–Trinajstić information content (AvgIpc) is 2.51. The number of rotatable bonds is 5. The number of hydrogen-bond acceptors (Lipinski definition) is 4. The zero-order valence-electron chi connectivity index (χ0n) is 12.8. The highest BCUT2D eigenvalue weighted by Gasteiger charge is 2.15. The Morgan fingerprint density at radius 2 is 2.09 bits per heavy atom. The first kappa shape index (κ1) is 16.8. The molecule has 0 radical (unpaired) electrons. The number of para-hydroxylation sites is 1. The van der Waals surface area contributed by atoms with Crippen LogP contribution in [-0.4, -0.2) is 23.3 Å². The summed E-state index contributed by atoms with van der Waals surface area (Å²) in [6.07, 6.45) is 0.643. The van der Waals surface area contributed by atoms with Crippen molar-refractivity contribution in [2.45, 2.75) is 20.0 Å². The van der Waals surface area contributed by atoms with E-state index in [9.17, 15) is 9.90 Å². The van der Waals surface area contributed by atoms with Crippen molar-refractivity contribution in [3.8, 4) is 11.5 Å². The SMILES string of the molecule is Cc1cc(Cl)ccc1OC(C)C(=O)N/N=C/c1ccccc1O. The molecule has 0 heterocycles. The molecule has 0 spiro atoms. The average molecular weight is 333 g/mol. The summed E-state index contributed by atoms with van der Waals surface area (Å²) in [4.78, 5) is 12.0. The largest absolute Gasteiger partial charge is 0.507 e. The number of phenolic OH excluding ortho intramolecular Hbond substituents is 1. The monoisotopic (exact) mass is 332 g/mol. The van der Waals surface area contributed by atoms with Crippen LogP contribution >= 0.6 is 11.6 Å². The lowest BCUT2D eigenvalue weighted by Gasteiger charge is -2.14. The Labute approximate surface area is 139 Å². The second-order valence-corrected chi connectivity index (χ2v) is 5.40. The summed E-state index contributed by atoms with van der Waals surface area (Å²) in [5.74, 6) is 0.277. The number of ether oxygens (including phenoxy) is 1. The summed E-state index contributed by atoms with van der Waals surface area (Å²) in [5, 5.41) is 14.0. The lowest BCUT2D eigenvalue weighted by molar-refractivity contribution is -0.127. The number of amides is 1. The van der Waals surface area contributed by atoms with Crippen LogP contribution in [0.25, 0.3) is 0 Å². The van der Waals surface area contributed by atoms with Gasteiger partial charge in [0.25, 0.3) is 5.91 Å². The van der Waals surface area contributed by atoms with E-state index in [1.165, 1.54) is 12.3 Å². The maximum absolute atomic E-state index is 12.0. The van der Waals surface area contributed by atoms with Gasteiger partial charge in [-0.1, -0.05) is 23.7 Å². The van der Waals surface area contributed by atoms with Crippen LogP contribution in [0.2, 0.25) is 5.02 Å². The molecule has 2 aromatic carbocycles. The van der Waals surface area contributed by atoms with E-state index in [0.717, 1.165) is 5.56 Å². The third-order valence-corrected chi connectivity index (χ3v) is 3.36. The highest BCUT2D eigenvalue weighted by molar-refractivity contribution is 6.30. The Morgan fingerprint density at radius 1 is 1.35 bits per heavy atom. The van der Waals surface area contributed by atoms with E-state index in [2.05, 4.69) is 10.5 Å². The minimum absolute atomic E-state index is 0.0894. The van der Waals surface area contributed by atoms with Crippen molar-refractivity contribution in [3.05, 3.63) is 58.6 Å². The number of phenols is 1. The molecule has 0 bridgehead atoms. The number of aryl methyl sites for hydroxylation is 1. The fourth-order valence-electron chi connectivity index (χ4n) is 1.84. The van der Waals surface area contributed by atoms with Gasteiger partial charge in [-0.2, -0.15) is 5.10 Å². The predicted molar refractivity (Wildman–Crippen MR) is 90.1 cm³/mol. The number of aromatic hydroxyl groups is 1. The predicted octanol–water partition coefficient (Wildman–Crippen LogP) is 3.27. The number of halogens is 1. The van der Waals surface area contributed by atoms with E-state index in [0.29, 0.717) is 16.3 Å². The van der Waals surface area contributed by atoms with Crippen LogP contribution in [0.5, 0.6) is 11.5 Å². The van der Waals surface area contributed by atoms with Gasteiger partial charge in [0, 0.05) is 10.6 Å². The molecule has 0 fully saturated rings. The molecule has 5 nitrogen and oxygen atoms in total. The maximum atomic E-state index is 12.0. The van der Waals surface area contributed by atoms with Crippen LogP contribution in [0.15, 0.2) is 47.6 Å². The van der Waals surface area contributed by atoms with Crippen molar-refractivity contribution < 1.29 is 14.6 Å². The van der Waals surface area contributed by atoms with Crippen molar-refractivity contribution in [2.24, 2.45) is 5.10 Å². The Kier molecular flexibility index (Phi) is 5.60. The number of benzene rings is 2. The van der Waals surface area contributed by atoms with Gasteiger partial charge in [0.15, 0.2) is 6.10 Å². The van der Waals surface area contributed by atoms with Crippen molar-refractivity contribution in [2.75, 3.05) is 0 Å². The Hall–Kier alpha value is -2.53. The van der Waals surface area contributed by atoms with E-state index < -0.39 is 12.0 Å². The van der Waals surface area contributed by atoms with Crippen LogP contribution in [0.3, 0.4) is 0 Å². The Balaban J connectivity index is 1.94. The number of hydrazone groups is 1. The molecule has 0 aromatic heterocycles. The zero-order valence-corrected chi connectivity index (χ0v) is 13.5. The molecule has 0 saturated heterocycles. The molecular formula is C17H17ClN2O3. The smallest absolute Gasteiger partial charge is 0.280 e. The van der Waals surface area contributed by atoms with Gasteiger partial charge >= 0.3 is 0 Å². The molecule has 0 saturated carbocycles. The molecule has 0 aliphatic rings. The number of carbonyl (C=O) groups excluding carboxylic acids is 1.